The average Bonchev–Trinajstić information content (AvgIpc) is 2.38. The van der Waals surface area contributed by atoms with Crippen molar-refractivity contribution in [3.63, 3.8) is 0 Å². The van der Waals surface area contributed by atoms with E-state index in [1.807, 2.05) is 24.3 Å². The second kappa shape index (κ2) is 6.30. The van der Waals surface area contributed by atoms with Gasteiger partial charge in [0.15, 0.2) is 0 Å². The number of rotatable bonds is 2. The molecule has 0 saturated heterocycles. The summed E-state index contributed by atoms with van der Waals surface area (Å²) in [4.78, 5) is 12.2. The molecule has 110 valence electrons. The van der Waals surface area contributed by atoms with Gasteiger partial charge < -0.3 is 5.32 Å². The first-order valence-corrected chi connectivity index (χ1v) is 8.22. The van der Waals surface area contributed by atoms with Gasteiger partial charge in [-0.3, -0.25) is 4.79 Å². The summed E-state index contributed by atoms with van der Waals surface area (Å²) in [5.41, 5.74) is 1.12. The van der Waals surface area contributed by atoms with E-state index in [0.29, 0.717) is 11.5 Å². The number of carbonyl (C=O) groups is 1. The molecule has 1 aromatic rings. The van der Waals surface area contributed by atoms with Crippen LogP contribution in [-0.2, 0) is 0 Å². The predicted molar refractivity (Wildman–Crippen MR) is 86.8 cm³/mol. The number of halogens is 1. The lowest BCUT2D eigenvalue weighted by molar-refractivity contribution is 0.0904. The third kappa shape index (κ3) is 4.08. The van der Waals surface area contributed by atoms with E-state index in [2.05, 4.69) is 42.0 Å². The zero-order valence-corrected chi connectivity index (χ0v) is 14.2. The highest BCUT2D eigenvalue weighted by molar-refractivity contribution is 9.10. The molecule has 1 fully saturated rings. The summed E-state index contributed by atoms with van der Waals surface area (Å²) in [5, 5.41) is 3.17. The molecule has 0 unspecified atom stereocenters. The molecule has 1 N–H and O–H groups in total. The largest absolute Gasteiger partial charge is 0.349 e. The second-order valence-electron chi connectivity index (χ2n) is 6.90. The van der Waals surface area contributed by atoms with E-state index >= 15 is 0 Å². The number of amides is 1. The first kappa shape index (κ1) is 15.6. The lowest BCUT2D eigenvalue weighted by Crippen LogP contribution is -2.39. The maximum Gasteiger partial charge on any atom is 0.251 e. The van der Waals surface area contributed by atoms with Crippen LogP contribution in [0.5, 0.6) is 0 Å². The summed E-state index contributed by atoms with van der Waals surface area (Å²) in [6.45, 7) is 6.95. The third-order valence-electron chi connectivity index (χ3n) is 4.37. The van der Waals surface area contributed by atoms with Gasteiger partial charge in [0.1, 0.15) is 0 Å². The van der Waals surface area contributed by atoms with Crippen LogP contribution in [0.4, 0.5) is 0 Å². The Hall–Kier alpha value is -0.830. The van der Waals surface area contributed by atoms with Crippen LogP contribution in [-0.4, -0.2) is 11.9 Å². The Labute approximate surface area is 130 Å². The van der Waals surface area contributed by atoms with Crippen molar-refractivity contribution >= 4 is 21.8 Å². The van der Waals surface area contributed by atoms with Crippen LogP contribution in [0.25, 0.3) is 0 Å². The summed E-state index contributed by atoms with van der Waals surface area (Å²) >= 11 is 3.41. The zero-order chi connectivity index (χ0) is 14.8. The van der Waals surface area contributed by atoms with Crippen LogP contribution in [0, 0.1) is 11.3 Å². The highest BCUT2D eigenvalue weighted by Gasteiger charge is 2.30. The Balaban J connectivity index is 1.88. The average molecular weight is 338 g/mol. The van der Waals surface area contributed by atoms with Crippen molar-refractivity contribution in [2.75, 3.05) is 0 Å². The minimum absolute atomic E-state index is 0.0468. The van der Waals surface area contributed by atoms with Crippen LogP contribution in [0.1, 0.15) is 56.8 Å². The highest BCUT2D eigenvalue weighted by atomic mass is 79.9. The standard InChI is InChI=1S/C17H24BrNO/c1-17(2,3)13-7-9-15(10-8-13)19-16(20)12-5-4-6-14(18)11-12/h4-6,11,13,15H,7-10H2,1-3H3,(H,19,20). The molecule has 0 spiro atoms. The molecule has 0 aromatic heterocycles. The smallest absolute Gasteiger partial charge is 0.251 e. The van der Waals surface area contributed by atoms with Crippen LogP contribution in [0.15, 0.2) is 28.7 Å². The predicted octanol–water partition coefficient (Wildman–Crippen LogP) is 4.78. The molecule has 1 saturated carbocycles. The fourth-order valence-corrected chi connectivity index (χ4v) is 3.40. The Bertz CT molecular complexity index is 470. The fraction of sp³-hybridized carbons (Fsp3) is 0.588. The van der Waals surface area contributed by atoms with E-state index in [1.165, 1.54) is 12.8 Å². The van der Waals surface area contributed by atoms with Gasteiger partial charge >= 0.3 is 0 Å². The van der Waals surface area contributed by atoms with Gasteiger partial charge in [-0.15, -0.1) is 0 Å². The number of hydrogen-bond acceptors (Lipinski definition) is 1. The van der Waals surface area contributed by atoms with Gasteiger partial charge in [-0.2, -0.15) is 0 Å². The number of carbonyl (C=O) groups excluding carboxylic acids is 1. The SMILES string of the molecule is CC(C)(C)C1CCC(NC(=O)c2cccc(Br)c2)CC1. The normalized spacial score (nSPS) is 23.4. The van der Waals surface area contributed by atoms with Crippen molar-refractivity contribution in [2.24, 2.45) is 11.3 Å². The molecule has 0 heterocycles. The van der Waals surface area contributed by atoms with Crippen LogP contribution < -0.4 is 5.32 Å². The first-order valence-electron chi connectivity index (χ1n) is 7.42. The summed E-state index contributed by atoms with van der Waals surface area (Å²) in [7, 11) is 0. The van der Waals surface area contributed by atoms with Crippen molar-refractivity contribution in [1.82, 2.24) is 5.32 Å². The van der Waals surface area contributed by atoms with Gasteiger partial charge in [0.05, 0.1) is 0 Å². The van der Waals surface area contributed by atoms with Crippen molar-refractivity contribution in [3.8, 4) is 0 Å². The van der Waals surface area contributed by atoms with E-state index in [-0.39, 0.29) is 5.91 Å². The number of benzene rings is 1. The molecule has 0 aliphatic heterocycles. The molecule has 2 rings (SSSR count). The van der Waals surface area contributed by atoms with Crippen LogP contribution in [0.2, 0.25) is 0 Å². The quantitative estimate of drug-likeness (QED) is 0.826. The molecule has 0 radical (unpaired) electrons. The monoisotopic (exact) mass is 337 g/mol. The molecular weight excluding hydrogens is 314 g/mol. The lowest BCUT2D eigenvalue weighted by atomic mass is 9.71. The highest BCUT2D eigenvalue weighted by Crippen LogP contribution is 2.37. The summed E-state index contributed by atoms with van der Waals surface area (Å²) < 4.78 is 0.946. The van der Waals surface area contributed by atoms with E-state index in [0.717, 1.165) is 28.8 Å². The van der Waals surface area contributed by atoms with Crippen LogP contribution >= 0.6 is 15.9 Å². The molecule has 1 aliphatic carbocycles. The van der Waals surface area contributed by atoms with E-state index in [9.17, 15) is 4.79 Å². The molecule has 1 aliphatic rings. The molecule has 3 heteroatoms. The van der Waals surface area contributed by atoms with E-state index in [4.69, 9.17) is 0 Å². The Kier molecular flexibility index (Phi) is 4.90. The minimum Gasteiger partial charge on any atom is -0.349 e. The topological polar surface area (TPSA) is 29.1 Å². The maximum absolute atomic E-state index is 12.2. The molecule has 1 amide bonds. The van der Waals surface area contributed by atoms with Crippen molar-refractivity contribution in [2.45, 2.75) is 52.5 Å². The summed E-state index contributed by atoms with van der Waals surface area (Å²) in [6.07, 6.45) is 4.63. The van der Waals surface area contributed by atoms with Gasteiger partial charge in [-0.25, -0.2) is 0 Å². The number of nitrogens with one attached hydrogen (secondary N) is 1. The van der Waals surface area contributed by atoms with Gasteiger partial charge in [0.25, 0.3) is 5.91 Å². The lowest BCUT2D eigenvalue weighted by Gasteiger charge is -2.37. The summed E-state index contributed by atoms with van der Waals surface area (Å²) in [5.74, 6) is 0.826. The second-order valence-corrected chi connectivity index (χ2v) is 7.81. The van der Waals surface area contributed by atoms with Gasteiger partial charge in [0.2, 0.25) is 0 Å². The van der Waals surface area contributed by atoms with Gasteiger partial charge in [-0.05, 0) is 55.2 Å². The molecule has 20 heavy (non-hydrogen) atoms. The van der Waals surface area contributed by atoms with E-state index < -0.39 is 0 Å². The Morgan fingerprint density at radius 2 is 1.85 bits per heavy atom. The summed E-state index contributed by atoms with van der Waals surface area (Å²) in [6, 6.07) is 7.90. The Morgan fingerprint density at radius 1 is 1.20 bits per heavy atom. The molecule has 1 aromatic carbocycles. The first-order chi connectivity index (χ1) is 9.36. The molecule has 2 nitrogen and oxygen atoms in total. The van der Waals surface area contributed by atoms with Gasteiger partial charge in [0, 0.05) is 16.1 Å². The fourth-order valence-electron chi connectivity index (χ4n) is 3.00. The molecular formula is C17H24BrNO. The van der Waals surface area contributed by atoms with E-state index in [1.54, 1.807) is 0 Å². The zero-order valence-electron chi connectivity index (χ0n) is 12.6. The maximum atomic E-state index is 12.2. The third-order valence-corrected chi connectivity index (χ3v) is 4.87. The van der Waals surface area contributed by atoms with Crippen LogP contribution in [0.3, 0.4) is 0 Å². The van der Waals surface area contributed by atoms with Crippen molar-refractivity contribution in [3.05, 3.63) is 34.3 Å². The van der Waals surface area contributed by atoms with Gasteiger partial charge in [-0.1, -0.05) is 42.8 Å². The molecule has 0 atom stereocenters. The van der Waals surface area contributed by atoms with Crippen molar-refractivity contribution < 1.29 is 4.79 Å². The van der Waals surface area contributed by atoms with Crippen molar-refractivity contribution in [1.29, 1.82) is 0 Å². The molecule has 0 bridgehead atoms. The minimum atomic E-state index is 0.0468. The number of hydrogen-bond donors (Lipinski definition) is 1. The Morgan fingerprint density at radius 3 is 2.40 bits per heavy atom.